The Morgan fingerprint density at radius 3 is 2.71 bits per heavy atom. The summed E-state index contributed by atoms with van der Waals surface area (Å²) < 4.78 is 9.72. The molecule has 148 valence electrons. The van der Waals surface area contributed by atoms with Crippen LogP contribution in [0.25, 0.3) is 0 Å². The van der Waals surface area contributed by atoms with Crippen molar-refractivity contribution in [3.63, 3.8) is 0 Å². The molecule has 3 rings (SSSR count). The van der Waals surface area contributed by atoms with Gasteiger partial charge in [0.15, 0.2) is 0 Å². The Balaban J connectivity index is 1.80. The number of rotatable bonds is 4. The van der Waals surface area contributed by atoms with Crippen molar-refractivity contribution in [2.45, 2.75) is 26.7 Å². The number of methoxy groups -OCH3 is 1. The lowest BCUT2D eigenvalue weighted by atomic mass is 9.88. The van der Waals surface area contributed by atoms with Crippen LogP contribution < -0.4 is 5.32 Å². The molecule has 1 unspecified atom stereocenters. The van der Waals surface area contributed by atoms with Gasteiger partial charge in [-0.3, -0.25) is 9.59 Å². The Kier molecular flexibility index (Phi) is 5.48. The molecule has 0 radical (unpaired) electrons. The molecule has 0 aliphatic carbocycles. The van der Waals surface area contributed by atoms with Crippen molar-refractivity contribution in [3.8, 4) is 0 Å². The van der Waals surface area contributed by atoms with Gasteiger partial charge in [-0.15, -0.1) is 0 Å². The first-order valence-electron chi connectivity index (χ1n) is 8.99. The van der Waals surface area contributed by atoms with E-state index in [0.29, 0.717) is 5.69 Å². The minimum absolute atomic E-state index is 0.0456. The second-order valence-corrected chi connectivity index (χ2v) is 6.92. The molecule has 2 aliphatic heterocycles. The van der Waals surface area contributed by atoms with Crippen molar-refractivity contribution >= 4 is 29.4 Å². The number of hydrogen-bond donors (Lipinski definition) is 1. The Morgan fingerprint density at radius 1 is 1.29 bits per heavy atom. The van der Waals surface area contributed by atoms with Gasteiger partial charge in [0.2, 0.25) is 11.8 Å². The molecule has 1 fully saturated rings. The molecule has 2 heterocycles. The highest BCUT2D eigenvalue weighted by molar-refractivity contribution is 6.06. The molecule has 0 bridgehead atoms. The standard InChI is InChI=1S/C20H22N2O6/c1-11-4-5-15(12(2)8-11)21-16(23)10-13-9-14(19(25)27-3)17-20(26)28-7-6-22(17)18(13)24/h4-5,8,13H,6-7,9-10H2,1-3H3,(H,21,23). The highest BCUT2D eigenvalue weighted by Crippen LogP contribution is 2.33. The van der Waals surface area contributed by atoms with Crippen LogP contribution in [-0.2, 0) is 28.7 Å². The first-order valence-corrected chi connectivity index (χ1v) is 8.99. The van der Waals surface area contributed by atoms with Crippen LogP contribution in [0.5, 0.6) is 0 Å². The lowest BCUT2D eigenvalue weighted by Crippen LogP contribution is -2.49. The van der Waals surface area contributed by atoms with Crippen LogP contribution in [0, 0.1) is 19.8 Å². The number of benzene rings is 1. The maximum atomic E-state index is 12.8. The Labute approximate surface area is 162 Å². The largest absolute Gasteiger partial charge is 0.466 e. The van der Waals surface area contributed by atoms with E-state index in [2.05, 4.69) is 5.32 Å². The third-order valence-electron chi connectivity index (χ3n) is 4.88. The SMILES string of the molecule is COC(=O)C1=C2C(=O)OCCN2C(=O)C(CC(=O)Nc2ccc(C)cc2C)C1. The third-order valence-corrected chi connectivity index (χ3v) is 4.88. The summed E-state index contributed by atoms with van der Waals surface area (Å²) in [6.07, 6.45) is -0.155. The number of esters is 2. The van der Waals surface area contributed by atoms with E-state index in [4.69, 9.17) is 9.47 Å². The molecule has 1 saturated heterocycles. The number of ether oxygens (including phenoxy) is 2. The molecular formula is C20H22N2O6. The van der Waals surface area contributed by atoms with E-state index in [-0.39, 0.29) is 49.1 Å². The lowest BCUT2D eigenvalue weighted by Gasteiger charge is -2.36. The Bertz CT molecular complexity index is 889. The summed E-state index contributed by atoms with van der Waals surface area (Å²) in [7, 11) is 1.20. The average molecular weight is 386 g/mol. The predicted molar refractivity (Wildman–Crippen MR) is 99.0 cm³/mol. The van der Waals surface area contributed by atoms with Crippen molar-refractivity contribution in [2.75, 3.05) is 25.6 Å². The number of aryl methyl sites for hydroxylation is 2. The summed E-state index contributed by atoms with van der Waals surface area (Å²) in [5.41, 5.74) is 2.66. The lowest BCUT2D eigenvalue weighted by molar-refractivity contribution is -0.155. The summed E-state index contributed by atoms with van der Waals surface area (Å²) in [5, 5.41) is 2.81. The molecule has 0 aromatic heterocycles. The van der Waals surface area contributed by atoms with Crippen molar-refractivity contribution in [3.05, 3.63) is 40.6 Å². The number of nitrogens with one attached hydrogen (secondary N) is 1. The molecular weight excluding hydrogens is 364 g/mol. The van der Waals surface area contributed by atoms with E-state index < -0.39 is 17.9 Å². The van der Waals surface area contributed by atoms with E-state index >= 15 is 0 Å². The summed E-state index contributed by atoms with van der Waals surface area (Å²) in [5.74, 6) is -2.88. The van der Waals surface area contributed by atoms with Crippen molar-refractivity contribution in [1.29, 1.82) is 0 Å². The molecule has 2 aliphatic rings. The van der Waals surface area contributed by atoms with E-state index in [9.17, 15) is 19.2 Å². The van der Waals surface area contributed by atoms with Gasteiger partial charge in [-0.1, -0.05) is 17.7 Å². The smallest absolute Gasteiger partial charge is 0.355 e. The van der Waals surface area contributed by atoms with Gasteiger partial charge in [0.1, 0.15) is 12.3 Å². The predicted octanol–water partition coefficient (Wildman–Crippen LogP) is 1.46. The highest BCUT2D eigenvalue weighted by Gasteiger charge is 2.43. The van der Waals surface area contributed by atoms with Gasteiger partial charge in [-0.05, 0) is 31.9 Å². The molecule has 8 heteroatoms. The fourth-order valence-electron chi connectivity index (χ4n) is 3.52. The topological polar surface area (TPSA) is 102 Å². The van der Waals surface area contributed by atoms with Crippen molar-refractivity contribution in [2.24, 2.45) is 5.92 Å². The summed E-state index contributed by atoms with van der Waals surface area (Å²) in [4.78, 5) is 50.8. The van der Waals surface area contributed by atoms with E-state index in [1.54, 1.807) is 0 Å². The van der Waals surface area contributed by atoms with E-state index in [1.807, 2.05) is 32.0 Å². The number of carbonyl (C=O) groups is 4. The summed E-state index contributed by atoms with van der Waals surface area (Å²) in [6.45, 7) is 4.04. The average Bonchev–Trinajstić information content (AvgIpc) is 2.66. The van der Waals surface area contributed by atoms with Crippen LogP contribution in [-0.4, -0.2) is 48.9 Å². The Morgan fingerprint density at radius 2 is 2.04 bits per heavy atom. The van der Waals surface area contributed by atoms with Gasteiger partial charge in [0.25, 0.3) is 0 Å². The van der Waals surface area contributed by atoms with E-state index in [1.165, 1.54) is 12.0 Å². The molecule has 1 aromatic carbocycles. The molecule has 8 nitrogen and oxygen atoms in total. The van der Waals surface area contributed by atoms with Crippen LogP contribution >= 0.6 is 0 Å². The minimum atomic E-state index is -0.755. The van der Waals surface area contributed by atoms with Crippen LogP contribution in [0.15, 0.2) is 29.5 Å². The maximum Gasteiger partial charge on any atom is 0.355 e. The summed E-state index contributed by atoms with van der Waals surface area (Å²) in [6, 6.07) is 5.65. The number of cyclic esters (lactones) is 1. The van der Waals surface area contributed by atoms with Crippen molar-refractivity contribution < 1.29 is 28.7 Å². The second-order valence-electron chi connectivity index (χ2n) is 6.92. The summed E-state index contributed by atoms with van der Waals surface area (Å²) >= 11 is 0. The minimum Gasteiger partial charge on any atom is -0.466 e. The first kappa shape index (κ1) is 19.6. The fourth-order valence-corrected chi connectivity index (χ4v) is 3.52. The van der Waals surface area contributed by atoms with Gasteiger partial charge in [0.05, 0.1) is 25.1 Å². The first-order chi connectivity index (χ1) is 13.3. The van der Waals surface area contributed by atoms with Crippen LogP contribution in [0.3, 0.4) is 0 Å². The van der Waals surface area contributed by atoms with Crippen LogP contribution in [0.2, 0.25) is 0 Å². The van der Waals surface area contributed by atoms with Gasteiger partial charge in [-0.2, -0.15) is 0 Å². The molecule has 0 saturated carbocycles. The zero-order chi connectivity index (χ0) is 20.4. The number of hydrogen-bond acceptors (Lipinski definition) is 6. The van der Waals surface area contributed by atoms with Crippen molar-refractivity contribution in [1.82, 2.24) is 4.90 Å². The van der Waals surface area contributed by atoms with Gasteiger partial charge in [0, 0.05) is 12.1 Å². The number of carbonyl (C=O) groups excluding carboxylic acids is 4. The molecule has 2 amide bonds. The maximum absolute atomic E-state index is 12.8. The van der Waals surface area contributed by atoms with Gasteiger partial charge >= 0.3 is 11.9 Å². The van der Waals surface area contributed by atoms with Gasteiger partial charge < -0.3 is 19.7 Å². The molecule has 1 aromatic rings. The molecule has 1 N–H and O–H groups in total. The fraction of sp³-hybridized carbons (Fsp3) is 0.400. The highest BCUT2D eigenvalue weighted by atomic mass is 16.5. The number of morpholine rings is 1. The van der Waals surface area contributed by atoms with Gasteiger partial charge in [-0.25, -0.2) is 9.59 Å². The van der Waals surface area contributed by atoms with E-state index in [0.717, 1.165) is 11.1 Å². The molecule has 28 heavy (non-hydrogen) atoms. The normalized spacial score (nSPS) is 19.1. The zero-order valence-corrected chi connectivity index (χ0v) is 16.0. The second kappa shape index (κ2) is 7.84. The third kappa shape index (κ3) is 3.76. The van der Waals surface area contributed by atoms with Crippen LogP contribution in [0.4, 0.5) is 5.69 Å². The number of amides is 2. The monoisotopic (exact) mass is 386 g/mol. The molecule has 1 atom stereocenters. The quantitative estimate of drug-likeness (QED) is 0.786. The van der Waals surface area contributed by atoms with Crippen LogP contribution in [0.1, 0.15) is 24.0 Å². The molecule has 0 spiro atoms. The number of anilines is 1. The number of fused-ring (bicyclic) bond motifs is 1. The zero-order valence-electron chi connectivity index (χ0n) is 16.0. The number of nitrogens with zero attached hydrogens (tertiary/aromatic N) is 1. The Hall–Kier alpha value is -3.16.